The monoisotopic (exact) mass is 462 g/mol. The van der Waals surface area contributed by atoms with Crippen LogP contribution in [0.2, 0.25) is 10.0 Å². The van der Waals surface area contributed by atoms with Gasteiger partial charge in [0.25, 0.3) is 11.7 Å². The molecule has 2 aromatic carbocycles. The van der Waals surface area contributed by atoms with Gasteiger partial charge in [-0.15, -0.1) is 10.2 Å². The van der Waals surface area contributed by atoms with E-state index in [4.69, 9.17) is 27.6 Å². The first-order chi connectivity index (χ1) is 15.5. The molecule has 3 aromatic heterocycles. The summed E-state index contributed by atoms with van der Waals surface area (Å²) in [6.45, 7) is 2.39. The smallest absolute Gasteiger partial charge is 0.289 e. The average molecular weight is 463 g/mol. The lowest BCUT2D eigenvalue weighted by atomic mass is 10.1. The number of hydrogen-bond acceptors (Lipinski definition) is 5. The highest BCUT2D eigenvalue weighted by molar-refractivity contribution is 6.35. The fourth-order valence-corrected chi connectivity index (χ4v) is 4.24. The third-order valence-electron chi connectivity index (χ3n) is 5.35. The van der Waals surface area contributed by atoms with Gasteiger partial charge >= 0.3 is 0 Å². The van der Waals surface area contributed by atoms with Crippen LogP contribution in [-0.4, -0.2) is 25.5 Å². The lowest BCUT2D eigenvalue weighted by Gasteiger charge is -2.10. The van der Waals surface area contributed by atoms with Crippen LogP contribution >= 0.6 is 23.2 Å². The van der Waals surface area contributed by atoms with Crippen molar-refractivity contribution in [2.75, 3.05) is 0 Å². The van der Waals surface area contributed by atoms with Gasteiger partial charge in [0.1, 0.15) is 0 Å². The molecule has 5 aromatic rings. The standard InChI is InChI=1S/C24H16Cl2N4O2/c1-14-21(22(31)24-29-28-23(32-24)15-8-10-27-11-9-15)18-4-2-3-5-20(18)30(14)13-16-6-7-17(25)12-19(16)26/h2-12H,13H2,1H3. The Kier molecular flexibility index (Phi) is 5.25. The summed E-state index contributed by atoms with van der Waals surface area (Å²) in [4.78, 5) is 17.4. The van der Waals surface area contributed by atoms with Crippen molar-refractivity contribution < 1.29 is 9.21 Å². The van der Waals surface area contributed by atoms with Crippen molar-refractivity contribution in [3.05, 3.63) is 99.7 Å². The molecular formula is C24H16Cl2N4O2. The van der Waals surface area contributed by atoms with Crippen LogP contribution < -0.4 is 0 Å². The minimum Gasteiger partial charge on any atom is -0.413 e. The zero-order valence-electron chi connectivity index (χ0n) is 16.9. The summed E-state index contributed by atoms with van der Waals surface area (Å²) in [6.07, 6.45) is 3.25. The molecule has 0 radical (unpaired) electrons. The summed E-state index contributed by atoms with van der Waals surface area (Å²) in [7, 11) is 0. The SMILES string of the molecule is Cc1c(C(=O)c2nnc(-c3ccncc3)o2)c2ccccc2n1Cc1ccc(Cl)cc1Cl. The van der Waals surface area contributed by atoms with Gasteiger partial charge < -0.3 is 8.98 Å². The maximum Gasteiger partial charge on any atom is 0.289 e. The van der Waals surface area contributed by atoms with E-state index in [-0.39, 0.29) is 17.6 Å². The molecule has 6 nitrogen and oxygen atoms in total. The predicted molar refractivity (Wildman–Crippen MR) is 123 cm³/mol. The highest BCUT2D eigenvalue weighted by Gasteiger charge is 2.25. The fourth-order valence-electron chi connectivity index (χ4n) is 3.77. The number of rotatable bonds is 5. The maximum absolute atomic E-state index is 13.4. The van der Waals surface area contributed by atoms with Crippen molar-refractivity contribution >= 4 is 39.9 Å². The quantitative estimate of drug-likeness (QED) is 0.300. The summed E-state index contributed by atoms with van der Waals surface area (Å²) >= 11 is 12.5. The Balaban J connectivity index is 1.58. The summed E-state index contributed by atoms with van der Waals surface area (Å²) in [5.41, 5.74) is 3.81. The molecule has 0 atom stereocenters. The fraction of sp³-hybridized carbons (Fsp3) is 0.0833. The van der Waals surface area contributed by atoms with E-state index >= 15 is 0 Å². The normalized spacial score (nSPS) is 11.2. The molecule has 0 saturated heterocycles. The van der Waals surface area contributed by atoms with Gasteiger partial charge in [0.2, 0.25) is 5.89 Å². The Morgan fingerprint density at radius 3 is 2.59 bits per heavy atom. The third-order valence-corrected chi connectivity index (χ3v) is 5.93. The van der Waals surface area contributed by atoms with Crippen LogP contribution in [0.3, 0.4) is 0 Å². The van der Waals surface area contributed by atoms with Crippen molar-refractivity contribution in [1.82, 2.24) is 19.7 Å². The van der Waals surface area contributed by atoms with E-state index in [0.717, 1.165) is 22.2 Å². The Bertz CT molecular complexity index is 1460. The summed E-state index contributed by atoms with van der Waals surface area (Å²) in [5.74, 6) is -0.120. The summed E-state index contributed by atoms with van der Waals surface area (Å²) in [5, 5.41) is 9.99. The van der Waals surface area contributed by atoms with E-state index in [0.29, 0.717) is 27.7 Å². The molecule has 0 N–H and O–H groups in total. The molecule has 158 valence electrons. The summed E-state index contributed by atoms with van der Waals surface area (Å²) in [6, 6.07) is 16.6. The number of fused-ring (bicyclic) bond motifs is 1. The molecule has 0 aliphatic rings. The van der Waals surface area contributed by atoms with Crippen LogP contribution in [-0.2, 0) is 6.54 Å². The molecule has 0 bridgehead atoms. The van der Waals surface area contributed by atoms with Gasteiger partial charge in [-0.2, -0.15) is 0 Å². The lowest BCUT2D eigenvalue weighted by molar-refractivity contribution is 0.100. The highest BCUT2D eigenvalue weighted by Crippen LogP contribution is 2.31. The van der Waals surface area contributed by atoms with Gasteiger partial charge in [0.05, 0.1) is 5.56 Å². The number of hydrogen-bond donors (Lipinski definition) is 0. The van der Waals surface area contributed by atoms with Crippen molar-refractivity contribution in [1.29, 1.82) is 0 Å². The first-order valence-corrected chi connectivity index (χ1v) is 10.6. The molecule has 5 rings (SSSR count). The molecule has 8 heteroatoms. The van der Waals surface area contributed by atoms with Gasteiger partial charge in [-0.05, 0) is 42.8 Å². The first-order valence-electron chi connectivity index (χ1n) is 9.83. The summed E-state index contributed by atoms with van der Waals surface area (Å²) < 4.78 is 7.76. The zero-order valence-corrected chi connectivity index (χ0v) is 18.4. The van der Waals surface area contributed by atoms with Crippen LogP contribution in [0.15, 0.2) is 71.4 Å². The van der Waals surface area contributed by atoms with E-state index in [9.17, 15) is 4.79 Å². The molecule has 0 aliphatic heterocycles. The van der Waals surface area contributed by atoms with E-state index in [1.165, 1.54) is 0 Å². The zero-order chi connectivity index (χ0) is 22.2. The second kappa shape index (κ2) is 8.22. The largest absolute Gasteiger partial charge is 0.413 e. The Morgan fingerprint density at radius 1 is 1.03 bits per heavy atom. The minimum absolute atomic E-state index is 0.0626. The Hall–Kier alpha value is -3.48. The third kappa shape index (κ3) is 3.57. The Labute approximate surface area is 193 Å². The van der Waals surface area contributed by atoms with Gasteiger partial charge in [-0.1, -0.05) is 47.5 Å². The number of para-hydroxylation sites is 1. The number of benzene rings is 2. The first kappa shape index (κ1) is 20.4. The predicted octanol–water partition coefficient (Wildman–Crippen LogP) is 5.98. The van der Waals surface area contributed by atoms with E-state index < -0.39 is 0 Å². The second-order valence-corrected chi connectivity index (χ2v) is 8.12. The van der Waals surface area contributed by atoms with Crippen molar-refractivity contribution in [3.63, 3.8) is 0 Å². The van der Waals surface area contributed by atoms with Crippen LogP contribution in [0.25, 0.3) is 22.4 Å². The molecular weight excluding hydrogens is 447 g/mol. The minimum atomic E-state index is -0.326. The number of carbonyl (C=O) groups is 1. The molecule has 0 unspecified atom stereocenters. The molecule has 0 aliphatic carbocycles. The Morgan fingerprint density at radius 2 is 1.81 bits per heavy atom. The number of carbonyl (C=O) groups excluding carboxylic acids is 1. The average Bonchev–Trinajstić information content (AvgIpc) is 3.40. The van der Waals surface area contributed by atoms with Gasteiger partial charge in [-0.3, -0.25) is 9.78 Å². The van der Waals surface area contributed by atoms with Crippen molar-refractivity contribution in [3.8, 4) is 11.5 Å². The van der Waals surface area contributed by atoms with Gasteiger partial charge in [0.15, 0.2) is 0 Å². The van der Waals surface area contributed by atoms with Crippen LogP contribution in [0.4, 0.5) is 0 Å². The van der Waals surface area contributed by atoms with Gasteiger partial charge in [-0.25, -0.2) is 0 Å². The highest BCUT2D eigenvalue weighted by atomic mass is 35.5. The van der Waals surface area contributed by atoms with E-state index in [1.807, 2.05) is 37.3 Å². The molecule has 0 saturated carbocycles. The van der Waals surface area contributed by atoms with E-state index in [2.05, 4.69) is 19.7 Å². The molecule has 0 spiro atoms. The maximum atomic E-state index is 13.4. The number of aromatic nitrogens is 4. The molecule has 0 amide bonds. The molecule has 0 fully saturated rings. The van der Waals surface area contributed by atoms with Crippen LogP contribution in [0.1, 0.15) is 27.5 Å². The lowest BCUT2D eigenvalue weighted by Crippen LogP contribution is -2.07. The van der Waals surface area contributed by atoms with Gasteiger partial charge in [0, 0.05) is 51.1 Å². The number of halogens is 2. The second-order valence-electron chi connectivity index (χ2n) is 7.28. The van der Waals surface area contributed by atoms with Crippen LogP contribution in [0, 0.1) is 6.92 Å². The van der Waals surface area contributed by atoms with E-state index in [1.54, 1.807) is 36.7 Å². The van der Waals surface area contributed by atoms with Crippen LogP contribution in [0.5, 0.6) is 0 Å². The van der Waals surface area contributed by atoms with Crippen molar-refractivity contribution in [2.45, 2.75) is 13.5 Å². The topological polar surface area (TPSA) is 73.8 Å². The molecule has 3 heterocycles. The molecule has 32 heavy (non-hydrogen) atoms. The number of ketones is 1. The number of nitrogens with zero attached hydrogens (tertiary/aromatic N) is 4. The number of pyridine rings is 1. The van der Waals surface area contributed by atoms with Crippen molar-refractivity contribution in [2.24, 2.45) is 0 Å².